The molecular weight excluding hydrogens is 220 g/mol. The average molecular weight is 252 g/mol. The Hall–Kier alpha value is -0.0800. The minimum atomic E-state index is 0.324. The second-order valence-corrected chi connectivity index (χ2v) is 7.34. The van der Waals surface area contributed by atoms with Crippen LogP contribution in [0.5, 0.6) is 0 Å². The van der Waals surface area contributed by atoms with Gasteiger partial charge in [-0.3, -0.25) is 4.90 Å². The minimum absolute atomic E-state index is 0.324. The quantitative estimate of drug-likeness (QED) is 0.778. The van der Waals surface area contributed by atoms with E-state index in [0.717, 1.165) is 12.6 Å². The first-order valence-electron chi connectivity index (χ1n) is 8.00. The molecule has 2 unspecified atom stereocenters. The van der Waals surface area contributed by atoms with E-state index in [2.05, 4.69) is 25.7 Å². The van der Waals surface area contributed by atoms with Gasteiger partial charge in [0, 0.05) is 18.1 Å². The van der Waals surface area contributed by atoms with Crippen LogP contribution in [0.3, 0.4) is 0 Å². The third-order valence-electron chi connectivity index (χ3n) is 5.60. The molecule has 1 aliphatic carbocycles. The SMILES string of the molecule is CCC1CCCN1C1(CN)CCCC(C)(C)CC1. The Morgan fingerprint density at radius 1 is 1.11 bits per heavy atom. The average Bonchev–Trinajstić information content (AvgIpc) is 2.76. The molecule has 0 aromatic carbocycles. The van der Waals surface area contributed by atoms with Gasteiger partial charge in [0.05, 0.1) is 0 Å². The zero-order valence-electron chi connectivity index (χ0n) is 12.7. The number of nitrogens with zero attached hydrogens (tertiary/aromatic N) is 1. The molecule has 1 heterocycles. The molecule has 18 heavy (non-hydrogen) atoms. The van der Waals surface area contributed by atoms with Gasteiger partial charge in [0.2, 0.25) is 0 Å². The highest BCUT2D eigenvalue weighted by Gasteiger charge is 2.43. The Morgan fingerprint density at radius 3 is 2.56 bits per heavy atom. The predicted octanol–water partition coefficient (Wildman–Crippen LogP) is 3.55. The summed E-state index contributed by atoms with van der Waals surface area (Å²) < 4.78 is 0. The standard InChI is InChI=1S/C16H32N2/c1-4-14-7-5-12-18(14)16(13-17)9-6-8-15(2,3)10-11-16/h14H,4-13,17H2,1-3H3. The molecule has 2 aliphatic rings. The summed E-state index contributed by atoms with van der Waals surface area (Å²) in [5, 5.41) is 0. The summed E-state index contributed by atoms with van der Waals surface area (Å²) in [6.45, 7) is 9.35. The fourth-order valence-electron chi connectivity index (χ4n) is 4.21. The van der Waals surface area contributed by atoms with Gasteiger partial charge < -0.3 is 5.73 Å². The van der Waals surface area contributed by atoms with Gasteiger partial charge in [-0.25, -0.2) is 0 Å². The lowest BCUT2D eigenvalue weighted by Gasteiger charge is -2.44. The molecule has 2 N–H and O–H groups in total. The molecule has 2 fully saturated rings. The molecular formula is C16H32N2. The molecule has 0 spiro atoms. The lowest BCUT2D eigenvalue weighted by atomic mass is 9.82. The maximum Gasteiger partial charge on any atom is 0.0334 e. The summed E-state index contributed by atoms with van der Waals surface area (Å²) >= 11 is 0. The van der Waals surface area contributed by atoms with Crippen LogP contribution in [0.2, 0.25) is 0 Å². The largest absolute Gasteiger partial charge is 0.329 e. The summed E-state index contributed by atoms with van der Waals surface area (Å²) in [7, 11) is 0. The first-order valence-corrected chi connectivity index (χ1v) is 8.00. The lowest BCUT2D eigenvalue weighted by Crippen LogP contribution is -2.55. The molecule has 0 aromatic rings. The van der Waals surface area contributed by atoms with Crippen LogP contribution in [0.1, 0.15) is 72.1 Å². The van der Waals surface area contributed by atoms with Gasteiger partial charge in [-0.15, -0.1) is 0 Å². The van der Waals surface area contributed by atoms with Crippen LogP contribution in [0.15, 0.2) is 0 Å². The molecule has 1 saturated heterocycles. The molecule has 2 nitrogen and oxygen atoms in total. The van der Waals surface area contributed by atoms with Crippen LogP contribution in [0.4, 0.5) is 0 Å². The Bertz CT molecular complexity index is 274. The number of hydrogen-bond acceptors (Lipinski definition) is 2. The third-order valence-corrected chi connectivity index (χ3v) is 5.60. The zero-order valence-corrected chi connectivity index (χ0v) is 12.7. The fraction of sp³-hybridized carbons (Fsp3) is 1.00. The number of likely N-dealkylation sites (tertiary alicyclic amines) is 1. The van der Waals surface area contributed by atoms with Crippen molar-refractivity contribution in [2.45, 2.75) is 83.7 Å². The molecule has 2 heteroatoms. The van der Waals surface area contributed by atoms with Crippen LogP contribution in [0.25, 0.3) is 0 Å². The van der Waals surface area contributed by atoms with E-state index in [0.29, 0.717) is 11.0 Å². The molecule has 1 saturated carbocycles. The highest BCUT2D eigenvalue weighted by atomic mass is 15.3. The molecule has 0 bridgehead atoms. The van der Waals surface area contributed by atoms with Crippen LogP contribution >= 0.6 is 0 Å². The van der Waals surface area contributed by atoms with E-state index in [1.807, 2.05) is 0 Å². The van der Waals surface area contributed by atoms with Crippen molar-refractivity contribution in [1.82, 2.24) is 4.90 Å². The monoisotopic (exact) mass is 252 g/mol. The van der Waals surface area contributed by atoms with Crippen molar-refractivity contribution < 1.29 is 0 Å². The van der Waals surface area contributed by atoms with Crippen LogP contribution < -0.4 is 5.73 Å². The first-order chi connectivity index (χ1) is 8.53. The molecule has 2 atom stereocenters. The van der Waals surface area contributed by atoms with Gasteiger partial charge in [-0.05, 0) is 56.9 Å². The molecule has 0 aromatic heterocycles. The fourth-order valence-corrected chi connectivity index (χ4v) is 4.21. The number of nitrogens with two attached hydrogens (primary N) is 1. The van der Waals surface area contributed by atoms with Gasteiger partial charge in [-0.1, -0.05) is 27.2 Å². The van der Waals surface area contributed by atoms with Crippen LogP contribution in [-0.2, 0) is 0 Å². The van der Waals surface area contributed by atoms with Crippen LogP contribution in [-0.4, -0.2) is 29.6 Å². The Balaban J connectivity index is 2.14. The van der Waals surface area contributed by atoms with E-state index < -0.39 is 0 Å². The topological polar surface area (TPSA) is 29.3 Å². The lowest BCUT2D eigenvalue weighted by molar-refractivity contribution is 0.0609. The maximum absolute atomic E-state index is 6.25. The summed E-state index contributed by atoms with van der Waals surface area (Å²) in [6, 6.07) is 0.801. The third kappa shape index (κ3) is 2.75. The highest BCUT2D eigenvalue weighted by molar-refractivity contribution is 4.99. The second kappa shape index (κ2) is 5.50. The predicted molar refractivity (Wildman–Crippen MR) is 78.7 cm³/mol. The summed E-state index contributed by atoms with van der Waals surface area (Å²) in [5.74, 6) is 0. The summed E-state index contributed by atoms with van der Waals surface area (Å²) in [5.41, 5.74) is 7.10. The van der Waals surface area contributed by atoms with E-state index in [1.165, 1.54) is 57.9 Å². The van der Waals surface area contributed by atoms with E-state index >= 15 is 0 Å². The van der Waals surface area contributed by atoms with Crippen molar-refractivity contribution in [3.63, 3.8) is 0 Å². The van der Waals surface area contributed by atoms with Crippen molar-refractivity contribution in [2.24, 2.45) is 11.1 Å². The van der Waals surface area contributed by atoms with E-state index in [-0.39, 0.29) is 0 Å². The van der Waals surface area contributed by atoms with Gasteiger partial charge >= 0.3 is 0 Å². The van der Waals surface area contributed by atoms with Crippen molar-refractivity contribution >= 4 is 0 Å². The van der Waals surface area contributed by atoms with Gasteiger partial charge in [-0.2, -0.15) is 0 Å². The van der Waals surface area contributed by atoms with Crippen molar-refractivity contribution in [1.29, 1.82) is 0 Å². The first kappa shape index (κ1) is 14.3. The summed E-state index contributed by atoms with van der Waals surface area (Å²) in [6.07, 6.45) is 10.8. The van der Waals surface area contributed by atoms with E-state index in [4.69, 9.17) is 5.73 Å². The Kier molecular flexibility index (Phi) is 4.38. The molecule has 1 aliphatic heterocycles. The maximum atomic E-state index is 6.25. The second-order valence-electron chi connectivity index (χ2n) is 7.34. The smallest absolute Gasteiger partial charge is 0.0334 e. The molecule has 0 radical (unpaired) electrons. The number of rotatable bonds is 3. The van der Waals surface area contributed by atoms with Crippen LogP contribution in [0, 0.1) is 5.41 Å². The molecule has 0 amide bonds. The van der Waals surface area contributed by atoms with E-state index in [1.54, 1.807) is 0 Å². The van der Waals surface area contributed by atoms with Crippen molar-refractivity contribution in [3.05, 3.63) is 0 Å². The van der Waals surface area contributed by atoms with Gasteiger partial charge in [0.25, 0.3) is 0 Å². The molecule has 2 rings (SSSR count). The van der Waals surface area contributed by atoms with Crippen molar-refractivity contribution in [3.8, 4) is 0 Å². The normalized spacial score (nSPS) is 37.7. The highest BCUT2D eigenvalue weighted by Crippen LogP contribution is 2.43. The zero-order chi connectivity index (χ0) is 13.2. The van der Waals surface area contributed by atoms with Crippen molar-refractivity contribution in [2.75, 3.05) is 13.1 Å². The molecule has 106 valence electrons. The van der Waals surface area contributed by atoms with Gasteiger partial charge in [0.1, 0.15) is 0 Å². The van der Waals surface area contributed by atoms with E-state index in [9.17, 15) is 0 Å². The summed E-state index contributed by atoms with van der Waals surface area (Å²) in [4.78, 5) is 2.80. The van der Waals surface area contributed by atoms with Gasteiger partial charge in [0.15, 0.2) is 0 Å². The Morgan fingerprint density at radius 2 is 1.89 bits per heavy atom. The number of hydrogen-bond donors (Lipinski definition) is 1. The Labute approximate surface area is 113 Å². The minimum Gasteiger partial charge on any atom is -0.329 e.